The lowest BCUT2D eigenvalue weighted by Crippen LogP contribution is -2.61. The molecule has 27 heavy (non-hydrogen) atoms. The molecule has 0 bridgehead atoms. The first-order chi connectivity index (χ1) is 12.4. The lowest BCUT2D eigenvalue weighted by molar-refractivity contribution is -0.145. The van der Waals surface area contributed by atoms with E-state index in [9.17, 15) is 5.11 Å². The minimum atomic E-state index is -0.916. The van der Waals surface area contributed by atoms with E-state index in [1.165, 1.54) is 0 Å². The van der Waals surface area contributed by atoms with E-state index in [2.05, 4.69) is 23.5 Å². The van der Waals surface area contributed by atoms with Gasteiger partial charge in [0.1, 0.15) is 5.60 Å². The normalized spacial score (nSPS) is 50.5. The van der Waals surface area contributed by atoms with Crippen molar-refractivity contribution in [1.82, 2.24) is 0 Å². The monoisotopic (exact) mass is 394 g/mol. The van der Waals surface area contributed by atoms with Crippen LogP contribution in [-0.2, 0) is 4.74 Å². The summed E-state index contributed by atoms with van der Waals surface area (Å²) in [5.74, 6) is 0.569. The van der Waals surface area contributed by atoms with Crippen LogP contribution in [0.4, 0.5) is 0 Å². The average molecular weight is 395 g/mol. The van der Waals surface area contributed by atoms with Crippen LogP contribution in [0, 0.1) is 30.9 Å². The van der Waals surface area contributed by atoms with Crippen LogP contribution in [0.3, 0.4) is 0 Å². The van der Waals surface area contributed by atoms with Gasteiger partial charge < -0.3 is 9.84 Å². The second-order valence-electron chi connectivity index (χ2n) is 10.3. The Balaban J connectivity index is 1.99. The summed E-state index contributed by atoms with van der Waals surface area (Å²) in [5, 5.41) is 11.0. The fraction of sp³-hybridized carbons (Fsp3) is 0.909. The maximum atomic E-state index is 11.0. The highest BCUT2D eigenvalue weighted by Gasteiger charge is 2.68. The fourth-order valence-electron chi connectivity index (χ4n) is 6.22. The number of hydrogen-bond donors (Lipinski definition) is 1. The lowest BCUT2D eigenvalue weighted by Gasteiger charge is -2.51. The Morgan fingerprint density at radius 3 is 2.19 bits per heavy atom. The molecule has 8 atom stereocenters. The zero-order valence-corrected chi connectivity index (χ0v) is 18.2. The number of hydrogen-bond acceptors (Lipinski definition) is 2. The van der Waals surface area contributed by atoms with Gasteiger partial charge in [-0.3, -0.25) is 0 Å². The lowest BCUT2D eigenvalue weighted by atomic mass is 9.51. The molecule has 4 nitrogen and oxygen atoms in total. The highest BCUT2D eigenvalue weighted by Crippen LogP contribution is 2.58. The Labute approximate surface area is 169 Å². The SMILES string of the molecule is C#[N+][C@@H]1C2C([C@@]3(C)CCC(C(C)(C)Cl)O3)CC[C@](C)([N+]#C)C2CC[C@@]1(C)O. The molecule has 1 aliphatic heterocycles. The van der Waals surface area contributed by atoms with Crippen LogP contribution < -0.4 is 0 Å². The summed E-state index contributed by atoms with van der Waals surface area (Å²) in [6.45, 7) is 21.9. The number of halogens is 1. The third-order valence-corrected chi connectivity index (χ3v) is 8.22. The van der Waals surface area contributed by atoms with Crippen LogP contribution in [0.2, 0.25) is 0 Å². The van der Waals surface area contributed by atoms with Crippen molar-refractivity contribution in [2.45, 2.75) is 107 Å². The molecule has 1 N–H and O–H groups in total. The number of alkyl halides is 1. The quantitative estimate of drug-likeness (QED) is 0.655. The molecule has 0 aromatic rings. The van der Waals surface area contributed by atoms with Gasteiger partial charge in [0.15, 0.2) is 0 Å². The molecule has 0 radical (unpaired) electrons. The molecule has 0 amide bonds. The van der Waals surface area contributed by atoms with Crippen LogP contribution >= 0.6 is 11.6 Å². The molecule has 1 heterocycles. The van der Waals surface area contributed by atoms with Gasteiger partial charge in [0, 0.05) is 13.3 Å². The zero-order valence-electron chi connectivity index (χ0n) is 17.4. The van der Waals surface area contributed by atoms with Crippen LogP contribution in [0.5, 0.6) is 0 Å². The molecular formula is C22H35ClN2O2+2. The maximum absolute atomic E-state index is 11.0. The van der Waals surface area contributed by atoms with Gasteiger partial charge in [-0.1, -0.05) is 9.69 Å². The van der Waals surface area contributed by atoms with Crippen molar-refractivity contribution in [2.75, 3.05) is 0 Å². The molecule has 1 saturated heterocycles. The molecular weight excluding hydrogens is 360 g/mol. The van der Waals surface area contributed by atoms with Gasteiger partial charge in [-0.25, -0.2) is 0 Å². The Bertz CT molecular complexity index is 673. The molecule has 0 aromatic carbocycles. The summed E-state index contributed by atoms with van der Waals surface area (Å²) < 4.78 is 6.61. The van der Waals surface area contributed by atoms with Crippen molar-refractivity contribution >= 4 is 11.6 Å². The van der Waals surface area contributed by atoms with Crippen molar-refractivity contribution in [3.8, 4) is 13.1 Å². The highest BCUT2D eigenvalue weighted by molar-refractivity contribution is 6.23. The average Bonchev–Trinajstić information content (AvgIpc) is 2.98. The van der Waals surface area contributed by atoms with Crippen molar-refractivity contribution < 1.29 is 9.84 Å². The molecule has 0 spiro atoms. The minimum Gasteiger partial charge on any atom is -0.382 e. The van der Waals surface area contributed by atoms with Gasteiger partial charge in [-0.2, -0.15) is 0 Å². The minimum absolute atomic E-state index is 0.0208. The summed E-state index contributed by atoms with van der Waals surface area (Å²) in [4.78, 5) is 8.08. The largest absolute Gasteiger partial charge is 0.382 e. The molecule has 3 fully saturated rings. The summed E-state index contributed by atoms with van der Waals surface area (Å²) >= 11 is 6.58. The van der Waals surface area contributed by atoms with E-state index < -0.39 is 10.5 Å². The molecule has 3 aliphatic rings. The first kappa shape index (κ1) is 20.9. The standard InChI is InChI=1S/C22H35ClN2O2/c1-19(2,23)16-10-13-22(5,27-16)15-8-11-20(3,25-7)14-9-12-21(4,26)18(24-6)17(14)15/h6-7,14-18,26H,8-13H2,1-5H3/q+2/t14?,15?,16?,17?,18-,20+,21-,22-/m1/s1. The van der Waals surface area contributed by atoms with Gasteiger partial charge in [-0.05, 0) is 65.7 Å². The van der Waals surface area contributed by atoms with Gasteiger partial charge in [-0.15, -0.1) is 11.6 Å². The number of nitrogens with zero attached hydrogens (tertiary/aromatic N) is 2. The van der Waals surface area contributed by atoms with E-state index in [4.69, 9.17) is 29.5 Å². The molecule has 4 unspecified atom stereocenters. The smallest absolute Gasteiger partial charge is 0.303 e. The van der Waals surface area contributed by atoms with Gasteiger partial charge in [0.2, 0.25) is 0 Å². The Hall–Kier alpha value is -0.810. The van der Waals surface area contributed by atoms with E-state index >= 15 is 0 Å². The Morgan fingerprint density at radius 2 is 1.67 bits per heavy atom. The second-order valence-corrected chi connectivity index (χ2v) is 11.3. The van der Waals surface area contributed by atoms with E-state index in [0.29, 0.717) is 6.42 Å². The summed E-state index contributed by atoms with van der Waals surface area (Å²) in [6.07, 6.45) is 5.31. The fourth-order valence-corrected chi connectivity index (χ4v) is 6.38. The number of fused-ring (bicyclic) bond motifs is 1. The Morgan fingerprint density at radius 1 is 1.04 bits per heavy atom. The third kappa shape index (κ3) is 3.39. The summed E-state index contributed by atoms with van der Waals surface area (Å²) in [6, 6.07) is -0.342. The van der Waals surface area contributed by atoms with Crippen molar-refractivity contribution in [3.63, 3.8) is 0 Å². The molecule has 2 saturated carbocycles. The summed E-state index contributed by atoms with van der Waals surface area (Å²) in [5.41, 5.74) is -1.52. The number of ether oxygens (including phenoxy) is 1. The zero-order chi connectivity index (χ0) is 20.3. The van der Waals surface area contributed by atoms with Crippen LogP contribution in [0.25, 0.3) is 9.69 Å². The van der Waals surface area contributed by atoms with Crippen molar-refractivity contribution in [2.24, 2.45) is 17.8 Å². The van der Waals surface area contributed by atoms with Crippen molar-refractivity contribution in [3.05, 3.63) is 9.69 Å². The number of aliphatic hydroxyl groups is 1. The molecule has 2 aliphatic carbocycles. The highest BCUT2D eigenvalue weighted by atomic mass is 35.5. The maximum Gasteiger partial charge on any atom is 0.303 e. The molecule has 150 valence electrons. The van der Waals surface area contributed by atoms with Gasteiger partial charge in [0.25, 0.3) is 18.7 Å². The second kappa shape index (κ2) is 6.62. The first-order valence-corrected chi connectivity index (χ1v) is 10.7. The van der Waals surface area contributed by atoms with Crippen LogP contribution in [0.15, 0.2) is 0 Å². The molecule has 0 aromatic heterocycles. The third-order valence-electron chi connectivity index (χ3n) is 7.97. The van der Waals surface area contributed by atoms with Crippen LogP contribution in [0.1, 0.15) is 73.1 Å². The number of rotatable bonds is 2. The van der Waals surface area contributed by atoms with Gasteiger partial charge in [0.05, 0.1) is 28.4 Å². The van der Waals surface area contributed by atoms with E-state index in [-0.39, 0.29) is 41.0 Å². The first-order valence-electron chi connectivity index (χ1n) is 10.3. The Kier molecular flexibility index (Phi) is 5.13. The van der Waals surface area contributed by atoms with Crippen molar-refractivity contribution in [1.29, 1.82) is 0 Å². The van der Waals surface area contributed by atoms with Crippen LogP contribution in [-0.4, -0.2) is 38.9 Å². The van der Waals surface area contributed by atoms with E-state index in [1.54, 1.807) is 0 Å². The van der Waals surface area contributed by atoms with E-state index in [1.807, 2.05) is 20.8 Å². The summed E-state index contributed by atoms with van der Waals surface area (Å²) in [7, 11) is 0. The predicted octanol–water partition coefficient (Wildman–Crippen LogP) is 5.18. The predicted molar refractivity (Wildman–Crippen MR) is 111 cm³/mol. The van der Waals surface area contributed by atoms with E-state index in [0.717, 1.165) is 32.1 Å². The van der Waals surface area contributed by atoms with Gasteiger partial charge >= 0.3 is 6.04 Å². The molecule has 3 rings (SSSR count). The molecule has 5 heteroatoms. The topological polar surface area (TPSA) is 38.2 Å².